The average molecular weight is 358 g/mol. The Morgan fingerprint density at radius 2 is 2.04 bits per heavy atom. The summed E-state index contributed by atoms with van der Waals surface area (Å²) in [7, 11) is 0. The molecule has 1 aromatic heterocycles. The minimum absolute atomic E-state index is 0.144. The first-order valence-corrected chi connectivity index (χ1v) is 8.32. The van der Waals surface area contributed by atoms with Crippen LogP contribution in [0.5, 0.6) is 5.88 Å². The average Bonchev–Trinajstić information content (AvgIpc) is 3.10. The standard InChI is InChI=1S/C16H21F3N4O2/c17-16(18,19)11-25-14-2-1-12(9-21-14)15(24)23-6-3-13(10-23)22-7-4-20-5-8-22/h1-2,9,13,20H,3-8,10-11H2. The predicted molar refractivity (Wildman–Crippen MR) is 84.5 cm³/mol. The van der Waals surface area contributed by atoms with Gasteiger partial charge < -0.3 is 15.0 Å². The molecule has 3 heterocycles. The van der Waals surface area contributed by atoms with Crippen molar-refractivity contribution in [2.24, 2.45) is 0 Å². The number of rotatable bonds is 4. The number of nitrogens with zero attached hydrogens (tertiary/aromatic N) is 3. The highest BCUT2D eigenvalue weighted by molar-refractivity contribution is 5.94. The zero-order chi connectivity index (χ0) is 17.9. The molecule has 0 saturated carbocycles. The summed E-state index contributed by atoms with van der Waals surface area (Å²) in [6.45, 7) is 3.86. The van der Waals surface area contributed by atoms with Gasteiger partial charge in [0.15, 0.2) is 6.61 Å². The van der Waals surface area contributed by atoms with E-state index >= 15 is 0 Å². The van der Waals surface area contributed by atoms with Gasteiger partial charge in [-0.25, -0.2) is 4.98 Å². The predicted octanol–water partition coefficient (Wildman–Crippen LogP) is 1.14. The van der Waals surface area contributed by atoms with Gasteiger partial charge in [-0.15, -0.1) is 0 Å². The number of ether oxygens (including phenoxy) is 1. The van der Waals surface area contributed by atoms with Crippen LogP contribution in [0.3, 0.4) is 0 Å². The maximum atomic E-state index is 12.5. The number of carbonyl (C=O) groups is 1. The molecule has 1 atom stereocenters. The highest BCUT2D eigenvalue weighted by Gasteiger charge is 2.32. The van der Waals surface area contributed by atoms with Gasteiger partial charge in [-0.05, 0) is 12.5 Å². The van der Waals surface area contributed by atoms with Gasteiger partial charge in [0.1, 0.15) is 0 Å². The Balaban J connectivity index is 1.54. The molecule has 0 spiro atoms. The molecule has 0 radical (unpaired) electrons. The second-order valence-electron chi connectivity index (χ2n) is 6.27. The van der Waals surface area contributed by atoms with E-state index in [2.05, 4.69) is 19.9 Å². The van der Waals surface area contributed by atoms with Gasteiger partial charge in [0.2, 0.25) is 5.88 Å². The Kier molecular flexibility index (Phi) is 5.43. The van der Waals surface area contributed by atoms with E-state index in [1.807, 2.05) is 0 Å². The minimum Gasteiger partial charge on any atom is -0.468 e. The fourth-order valence-electron chi connectivity index (χ4n) is 3.20. The number of aromatic nitrogens is 1. The summed E-state index contributed by atoms with van der Waals surface area (Å²) in [6, 6.07) is 3.12. The molecule has 0 aromatic carbocycles. The molecule has 2 aliphatic heterocycles. The van der Waals surface area contributed by atoms with Crippen molar-refractivity contribution in [3.63, 3.8) is 0 Å². The smallest absolute Gasteiger partial charge is 0.422 e. The van der Waals surface area contributed by atoms with E-state index in [1.54, 1.807) is 4.90 Å². The molecule has 2 fully saturated rings. The Labute approximate surface area is 143 Å². The second kappa shape index (κ2) is 7.57. The van der Waals surface area contributed by atoms with Crippen molar-refractivity contribution in [2.75, 3.05) is 45.9 Å². The summed E-state index contributed by atoms with van der Waals surface area (Å²) in [5.41, 5.74) is 0.361. The van der Waals surface area contributed by atoms with Crippen molar-refractivity contribution < 1.29 is 22.7 Å². The van der Waals surface area contributed by atoms with Crippen molar-refractivity contribution in [3.05, 3.63) is 23.9 Å². The number of amides is 1. The van der Waals surface area contributed by atoms with E-state index in [1.165, 1.54) is 18.3 Å². The number of carbonyl (C=O) groups excluding carboxylic acids is 1. The molecule has 25 heavy (non-hydrogen) atoms. The number of piperazine rings is 1. The van der Waals surface area contributed by atoms with Crippen molar-refractivity contribution in [1.29, 1.82) is 0 Å². The third-order valence-corrected chi connectivity index (χ3v) is 4.49. The quantitative estimate of drug-likeness (QED) is 0.875. The highest BCUT2D eigenvalue weighted by atomic mass is 19.4. The number of hydrogen-bond acceptors (Lipinski definition) is 5. The van der Waals surface area contributed by atoms with E-state index in [4.69, 9.17) is 0 Å². The topological polar surface area (TPSA) is 57.7 Å². The molecule has 0 bridgehead atoms. The number of halogens is 3. The molecule has 1 N–H and O–H groups in total. The molecular formula is C16H21F3N4O2. The Morgan fingerprint density at radius 3 is 2.68 bits per heavy atom. The molecule has 1 aromatic rings. The fourth-order valence-corrected chi connectivity index (χ4v) is 3.20. The lowest BCUT2D eigenvalue weighted by Gasteiger charge is -2.32. The molecule has 3 rings (SSSR count). The van der Waals surface area contributed by atoms with Gasteiger partial charge in [-0.2, -0.15) is 13.2 Å². The first-order valence-electron chi connectivity index (χ1n) is 8.32. The summed E-state index contributed by atoms with van der Waals surface area (Å²) < 4.78 is 40.9. The van der Waals surface area contributed by atoms with Crippen molar-refractivity contribution in [3.8, 4) is 5.88 Å². The summed E-state index contributed by atoms with van der Waals surface area (Å²) in [5, 5.41) is 3.31. The largest absolute Gasteiger partial charge is 0.468 e. The van der Waals surface area contributed by atoms with Gasteiger partial charge in [-0.3, -0.25) is 9.69 Å². The number of likely N-dealkylation sites (tertiary alicyclic amines) is 1. The summed E-state index contributed by atoms with van der Waals surface area (Å²) in [6.07, 6.45) is -2.21. The van der Waals surface area contributed by atoms with E-state index < -0.39 is 12.8 Å². The highest BCUT2D eigenvalue weighted by Crippen LogP contribution is 2.20. The van der Waals surface area contributed by atoms with Gasteiger partial charge in [0.25, 0.3) is 5.91 Å². The van der Waals surface area contributed by atoms with E-state index in [0.717, 1.165) is 32.6 Å². The summed E-state index contributed by atoms with van der Waals surface area (Å²) in [4.78, 5) is 20.5. The van der Waals surface area contributed by atoms with E-state index in [-0.39, 0.29) is 11.8 Å². The van der Waals surface area contributed by atoms with Crippen LogP contribution >= 0.6 is 0 Å². The van der Waals surface area contributed by atoms with Crippen LogP contribution in [0.2, 0.25) is 0 Å². The Morgan fingerprint density at radius 1 is 1.28 bits per heavy atom. The number of hydrogen-bond donors (Lipinski definition) is 1. The molecule has 1 unspecified atom stereocenters. The van der Waals surface area contributed by atoms with E-state index in [0.29, 0.717) is 24.7 Å². The fraction of sp³-hybridized carbons (Fsp3) is 0.625. The van der Waals surface area contributed by atoms with Crippen LogP contribution in [0.15, 0.2) is 18.3 Å². The SMILES string of the molecule is O=C(c1ccc(OCC(F)(F)F)nc1)N1CCC(N2CCNCC2)C1. The van der Waals surface area contributed by atoms with E-state index in [9.17, 15) is 18.0 Å². The molecule has 9 heteroatoms. The molecular weight excluding hydrogens is 337 g/mol. The number of nitrogens with one attached hydrogen (secondary N) is 1. The molecule has 2 saturated heterocycles. The first-order chi connectivity index (χ1) is 11.9. The number of alkyl halides is 3. The normalized spacial score (nSPS) is 22.2. The van der Waals surface area contributed by atoms with Crippen LogP contribution in [0.4, 0.5) is 13.2 Å². The maximum absolute atomic E-state index is 12.5. The Hall–Kier alpha value is -1.87. The van der Waals surface area contributed by atoms with Crippen molar-refractivity contribution >= 4 is 5.91 Å². The van der Waals surface area contributed by atoms with Gasteiger partial charge in [0.05, 0.1) is 5.56 Å². The third kappa shape index (κ3) is 4.82. The summed E-state index contributed by atoms with van der Waals surface area (Å²) in [5.74, 6) is -0.290. The van der Waals surface area contributed by atoms with Gasteiger partial charge in [-0.1, -0.05) is 0 Å². The lowest BCUT2D eigenvalue weighted by Crippen LogP contribution is -2.49. The Bertz CT molecular complexity index is 588. The van der Waals surface area contributed by atoms with Crippen LogP contribution in [-0.2, 0) is 0 Å². The maximum Gasteiger partial charge on any atom is 0.422 e. The third-order valence-electron chi connectivity index (χ3n) is 4.49. The second-order valence-corrected chi connectivity index (χ2v) is 6.27. The van der Waals surface area contributed by atoms with Crippen LogP contribution < -0.4 is 10.1 Å². The van der Waals surface area contributed by atoms with Gasteiger partial charge >= 0.3 is 6.18 Å². The van der Waals surface area contributed by atoms with Crippen molar-refractivity contribution in [2.45, 2.75) is 18.6 Å². The molecule has 1 amide bonds. The molecule has 138 valence electrons. The lowest BCUT2D eigenvalue weighted by molar-refractivity contribution is -0.154. The van der Waals surface area contributed by atoms with Crippen LogP contribution in [-0.4, -0.2) is 78.8 Å². The van der Waals surface area contributed by atoms with Crippen LogP contribution in [0.1, 0.15) is 16.8 Å². The number of pyridine rings is 1. The molecule has 6 nitrogen and oxygen atoms in total. The zero-order valence-corrected chi connectivity index (χ0v) is 13.8. The zero-order valence-electron chi connectivity index (χ0n) is 13.8. The van der Waals surface area contributed by atoms with Gasteiger partial charge in [0, 0.05) is 57.6 Å². The molecule has 0 aliphatic carbocycles. The molecule has 2 aliphatic rings. The lowest BCUT2D eigenvalue weighted by atomic mass is 10.2. The van der Waals surface area contributed by atoms with Crippen molar-refractivity contribution in [1.82, 2.24) is 20.1 Å². The van der Waals surface area contributed by atoms with Crippen LogP contribution in [0, 0.1) is 0 Å². The minimum atomic E-state index is -4.41. The summed E-state index contributed by atoms with van der Waals surface area (Å²) >= 11 is 0. The first kappa shape index (κ1) is 17.9. The monoisotopic (exact) mass is 358 g/mol. The van der Waals surface area contributed by atoms with Crippen LogP contribution in [0.25, 0.3) is 0 Å².